The van der Waals surface area contributed by atoms with E-state index in [1.165, 1.54) is 32.1 Å². The third kappa shape index (κ3) is 4.81. The predicted molar refractivity (Wildman–Crippen MR) is 68.2 cm³/mol. The molecule has 3 heteroatoms. The van der Waals surface area contributed by atoms with Crippen molar-refractivity contribution in [3.05, 3.63) is 0 Å². The first-order chi connectivity index (χ1) is 7.75. The summed E-state index contributed by atoms with van der Waals surface area (Å²) in [5.74, 6) is 0. The summed E-state index contributed by atoms with van der Waals surface area (Å²) in [6.45, 7) is 6.05. The van der Waals surface area contributed by atoms with Gasteiger partial charge in [0.2, 0.25) is 0 Å². The Balaban J connectivity index is 2.06. The molecule has 1 rings (SSSR count). The zero-order valence-corrected chi connectivity index (χ0v) is 10.9. The predicted octanol–water partition coefficient (Wildman–Crippen LogP) is 2.31. The smallest absolute Gasteiger partial charge is 0.0431 e. The summed E-state index contributed by atoms with van der Waals surface area (Å²) in [4.78, 5) is 0. The quantitative estimate of drug-likeness (QED) is 0.656. The molecule has 2 atom stereocenters. The summed E-state index contributed by atoms with van der Waals surface area (Å²) in [5, 5.41) is 11.1. The number of piperidine rings is 1. The second-order valence-electron chi connectivity index (χ2n) is 5.08. The van der Waals surface area contributed by atoms with Gasteiger partial charge in [-0.15, -0.1) is 0 Å². The summed E-state index contributed by atoms with van der Waals surface area (Å²) >= 11 is 0. The minimum atomic E-state index is 0.341. The molecule has 96 valence electrons. The van der Waals surface area contributed by atoms with Crippen molar-refractivity contribution in [3.63, 3.8) is 0 Å². The van der Waals surface area contributed by atoms with Crippen LogP contribution in [-0.4, -0.2) is 35.4 Å². The molecule has 0 amide bonds. The summed E-state index contributed by atoms with van der Waals surface area (Å²) in [7, 11) is 0. The fraction of sp³-hybridized carbons (Fsp3) is 1.00. The van der Waals surface area contributed by atoms with Crippen molar-refractivity contribution >= 4 is 0 Å². The van der Waals surface area contributed by atoms with Gasteiger partial charge in [-0.05, 0) is 39.5 Å². The molecule has 1 aliphatic heterocycles. The number of hydrazine groups is 1. The molecule has 3 nitrogen and oxygen atoms in total. The van der Waals surface area contributed by atoms with Crippen molar-refractivity contribution in [2.24, 2.45) is 0 Å². The molecule has 0 spiro atoms. The van der Waals surface area contributed by atoms with Gasteiger partial charge in [0.15, 0.2) is 0 Å². The largest absolute Gasteiger partial charge is 0.396 e. The molecule has 2 N–H and O–H groups in total. The Morgan fingerprint density at radius 1 is 1.06 bits per heavy atom. The van der Waals surface area contributed by atoms with Gasteiger partial charge in [-0.3, -0.25) is 5.43 Å². The number of aliphatic hydroxyl groups is 1. The zero-order chi connectivity index (χ0) is 11.8. The zero-order valence-electron chi connectivity index (χ0n) is 10.9. The van der Waals surface area contributed by atoms with E-state index in [4.69, 9.17) is 5.11 Å². The van der Waals surface area contributed by atoms with E-state index in [-0.39, 0.29) is 0 Å². The van der Waals surface area contributed by atoms with Crippen molar-refractivity contribution in [2.45, 2.75) is 70.9 Å². The number of nitrogens with zero attached hydrogens (tertiary/aromatic N) is 1. The molecular weight excluding hydrogens is 200 g/mol. The van der Waals surface area contributed by atoms with Gasteiger partial charge in [0.1, 0.15) is 0 Å². The number of hydrogen-bond donors (Lipinski definition) is 2. The van der Waals surface area contributed by atoms with Crippen LogP contribution in [0.4, 0.5) is 0 Å². The average molecular weight is 228 g/mol. The summed E-state index contributed by atoms with van der Waals surface area (Å²) in [6.07, 6.45) is 8.57. The van der Waals surface area contributed by atoms with Crippen LogP contribution < -0.4 is 5.43 Å². The van der Waals surface area contributed by atoms with Gasteiger partial charge in [0.25, 0.3) is 0 Å². The average Bonchev–Trinajstić information content (AvgIpc) is 2.26. The maximum atomic E-state index is 8.67. The lowest BCUT2D eigenvalue weighted by Crippen LogP contribution is -2.52. The Hall–Kier alpha value is -0.120. The molecule has 0 aromatic carbocycles. The normalized spacial score (nSPS) is 27.2. The van der Waals surface area contributed by atoms with Crippen molar-refractivity contribution in [2.75, 3.05) is 13.2 Å². The summed E-state index contributed by atoms with van der Waals surface area (Å²) in [6, 6.07) is 1.36. The van der Waals surface area contributed by atoms with Gasteiger partial charge in [-0.1, -0.05) is 19.3 Å². The number of aliphatic hydroxyl groups excluding tert-OH is 1. The van der Waals surface area contributed by atoms with Crippen molar-refractivity contribution in [1.29, 1.82) is 0 Å². The standard InChI is InChI=1S/C13H28N2O/c1-12-8-7-9-13(2)15(12)14-10-5-3-4-6-11-16/h12-14,16H,3-11H2,1-2H3. The molecule has 0 saturated carbocycles. The van der Waals surface area contributed by atoms with Gasteiger partial charge >= 0.3 is 0 Å². The highest BCUT2D eigenvalue weighted by Crippen LogP contribution is 2.20. The van der Waals surface area contributed by atoms with Crippen LogP contribution in [0.15, 0.2) is 0 Å². The Kier molecular flexibility index (Phi) is 7.01. The molecule has 0 aliphatic carbocycles. The second-order valence-corrected chi connectivity index (χ2v) is 5.08. The fourth-order valence-electron chi connectivity index (χ4n) is 2.53. The Bertz CT molecular complexity index is 165. The van der Waals surface area contributed by atoms with E-state index in [1.54, 1.807) is 0 Å². The van der Waals surface area contributed by atoms with Gasteiger partial charge in [-0.2, -0.15) is 0 Å². The van der Waals surface area contributed by atoms with Crippen molar-refractivity contribution in [3.8, 4) is 0 Å². The molecule has 1 aliphatic rings. The molecule has 0 aromatic rings. The number of rotatable bonds is 7. The third-order valence-corrected chi connectivity index (χ3v) is 3.57. The first-order valence-electron chi connectivity index (χ1n) is 6.88. The molecule has 1 saturated heterocycles. The molecule has 0 radical (unpaired) electrons. The number of unbranched alkanes of at least 4 members (excludes halogenated alkanes) is 3. The van der Waals surface area contributed by atoms with Crippen LogP contribution in [0, 0.1) is 0 Å². The van der Waals surface area contributed by atoms with Crippen LogP contribution in [0.3, 0.4) is 0 Å². The van der Waals surface area contributed by atoms with E-state index in [0.29, 0.717) is 18.7 Å². The Morgan fingerprint density at radius 3 is 2.31 bits per heavy atom. The summed E-state index contributed by atoms with van der Waals surface area (Å²) < 4.78 is 0. The maximum absolute atomic E-state index is 8.67. The minimum absolute atomic E-state index is 0.341. The van der Waals surface area contributed by atoms with Gasteiger partial charge < -0.3 is 5.11 Å². The van der Waals surface area contributed by atoms with Gasteiger partial charge in [-0.25, -0.2) is 5.01 Å². The number of hydrogen-bond acceptors (Lipinski definition) is 3. The van der Waals surface area contributed by atoms with E-state index in [9.17, 15) is 0 Å². The van der Waals surface area contributed by atoms with Crippen LogP contribution in [0.2, 0.25) is 0 Å². The molecular formula is C13H28N2O. The Morgan fingerprint density at radius 2 is 1.69 bits per heavy atom. The van der Waals surface area contributed by atoms with E-state index in [2.05, 4.69) is 24.3 Å². The Labute approximate surface area is 100 Å². The molecule has 2 unspecified atom stereocenters. The molecule has 1 heterocycles. The lowest BCUT2D eigenvalue weighted by Gasteiger charge is -2.39. The highest BCUT2D eigenvalue weighted by Gasteiger charge is 2.23. The monoisotopic (exact) mass is 228 g/mol. The van der Waals surface area contributed by atoms with Gasteiger partial charge in [0, 0.05) is 25.2 Å². The topological polar surface area (TPSA) is 35.5 Å². The molecule has 0 bridgehead atoms. The number of nitrogens with one attached hydrogen (secondary N) is 1. The van der Waals surface area contributed by atoms with E-state index < -0.39 is 0 Å². The van der Waals surface area contributed by atoms with Crippen LogP contribution >= 0.6 is 0 Å². The van der Waals surface area contributed by atoms with Gasteiger partial charge in [0.05, 0.1) is 0 Å². The van der Waals surface area contributed by atoms with E-state index >= 15 is 0 Å². The van der Waals surface area contributed by atoms with Crippen molar-refractivity contribution < 1.29 is 5.11 Å². The second kappa shape index (κ2) is 8.04. The van der Waals surface area contributed by atoms with Crippen LogP contribution in [0.1, 0.15) is 58.8 Å². The lowest BCUT2D eigenvalue weighted by molar-refractivity contribution is 0.0459. The minimum Gasteiger partial charge on any atom is -0.396 e. The van der Waals surface area contributed by atoms with Crippen LogP contribution in [-0.2, 0) is 0 Å². The van der Waals surface area contributed by atoms with Crippen molar-refractivity contribution in [1.82, 2.24) is 10.4 Å². The highest BCUT2D eigenvalue weighted by atomic mass is 16.2. The van der Waals surface area contributed by atoms with Crippen LogP contribution in [0.5, 0.6) is 0 Å². The third-order valence-electron chi connectivity index (χ3n) is 3.57. The lowest BCUT2D eigenvalue weighted by atomic mass is 10.00. The molecule has 16 heavy (non-hydrogen) atoms. The first-order valence-corrected chi connectivity index (χ1v) is 6.88. The highest BCUT2D eigenvalue weighted by molar-refractivity contribution is 4.76. The molecule has 1 fully saturated rings. The first kappa shape index (κ1) is 13.9. The SMILES string of the molecule is CC1CCCC(C)N1NCCCCCCO. The summed E-state index contributed by atoms with van der Waals surface area (Å²) in [5.41, 5.74) is 3.57. The molecule has 0 aromatic heterocycles. The van der Waals surface area contributed by atoms with Crippen LogP contribution in [0.25, 0.3) is 0 Å². The fourth-order valence-corrected chi connectivity index (χ4v) is 2.53. The van der Waals surface area contributed by atoms with E-state index in [0.717, 1.165) is 19.4 Å². The van der Waals surface area contributed by atoms with E-state index in [1.807, 2.05) is 0 Å². The maximum Gasteiger partial charge on any atom is 0.0431 e.